The average Bonchev–Trinajstić information content (AvgIpc) is 3.39. The summed E-state index contributed by atoms with van der Waals surface area (Å²) in [7, 11) is 0. The first kappa shape index (κ1) is 21.6. The van der Waals surface area contributed by atoms with E-state index in [9.17, 15) is 14.4 Å². The molecule has 1 fully saturated rings. The second-order valence-corrected chi connectivity index (χ2v) is 8.41. The second kappa shape index (κ2) is 9.30. The lowest BCUT2D eigenvalue weighted by atomic mass is 9.80. The number of anilines is 1. The number of fused-ring (bicyclic) bond motifs is 1. The van der Waals surface area contributed by atoms with Crippen molar-refractivity contribution in [2.75, 3.05) is 5.01 Å². The minimum Gasteiger partial charge on any atom is -0.343 e. The van der Waals surface area contributed by atoms with E-state index in [1.807, 2.05) is 42.5 Å². The summed E-state index contributed by atoms with van der Waals surface area (Å²) in [5.74, 6) is -1.38. The van der Waals surface area contributed by atoms with Crippen LogP contribution >= 0.6 is 0 Å². The van der Waals surface area contributed by atoms with Crippen LogP contribution in [0.4, 0.5) is 5.69 Å². The van der Waals surface area contributed by atoms with Gasteiger partial charge in [0.15, 0.2) is 0 Å². The Labute approximate surface area is 196 Å². The van der Waals surface area contributed by atoms with Crippen LogP contribution in [0, 0.1) is 11.8 Å². The van der Waals surface area contributed by atoms with Crippen molar-refractivity contribution in [3.05, 3.63) is 90.5 Å². The minimum absolute atomic E-state index is 0.167. The Bertz CT molecular complexity index is 1220. The fourth-order valence-electron chi connectivity index (χ4n) is 4.44. The third-order valence-electron chi connectivity index (χ3n) is 6.24. The maximum Gasteiger partial charge on any atom is 0.251 e. The molecule has 1 aliphatic heterocycles. The van der Waals surface area contributed by atoms with Gasteiger partial charge < -0.3 is 5.32 Å². The third-order valence-corrected chi connectivity index (χ3v) is 6.24. The lowest BCUT2D eigenvalue weighted by molar-refractivity contribution is -0.139. The van der Waals surface area contributed by atoms with Crippen LogP contribution in [0.5, 0.6) is 0 Å². The Morgan fingerprint density at radius 1 is 1.06 bits per heavy atom. The number of nitrogens with zero attached hydrogens (tertiary/aromatic N) is 4. The molecule has 1 aliphatic carbocycles. The van der Waals surface area contributed by atoms with Crippen LogP contribution in [0.3, 0.4) is 0 Å². The zero-order valence-electron chi connectivity index (χ0n) is 18.4. The molecule has 2 heterocycles. The number of hydrogen-bond acceptors (Lipinski definition) is 5. The summed E-state index contributed by atoms with van der Waals surface area (Å²) in [5, 5.41) is 8.47. The number of allylic oxidation sites excluding steroid dienone is 2. The lowest BCUT2D eigenvalue weighted by Gasteiger charge is -2.38. The van der Waals surface area contributed by atoms with Crippen molar-refractivity contribution in [2.24, 2.45) is 11.8 Å². The summed E-state index contributed by atoms with van der Waals surface area (Å²) in [6, 6.07) is 16.0. The number of benzene rings is 2. The highest BCUT2D eigenvalue weighted by Gasteiger charge is 2.42. The average molecular weight is 457 g/mol. The molecule has 34 heavy (non-hydrogen) atoms. The van der Waals surface area contributed by atoms with Gasteiger partial charge in [0.1, 0.15) is 12.7 Å². The molecule has 2 aromatic carbocycles. The smallest absolute Gasteiger partial charge is 0.251 e. The molecule has 1 aromatic heterocycles. The summed E-state index contributed by atoms with van der Waals surface area (Å²) >= 11 is 0. The fourth-order valence-corrected chi connectivity index (χ4v) is 4.44. The van der Waals surface area contributed by atoms with Crippen LogP contribution in [0.15, 0.2) is 79.4 Å². The van der Waals surface area contributed by atoms with E-state index in [2.05, 4.69) is 20.8 Å². The summed E-state index contributed by atoms with van der Waals surface area (Å²) < 4.78 is 1.66. The Morgan fingerprint density at radius 3 is 2.62 bits per heavy atom. The van der Waals surface area contributed by atoms with Crippen LogP contribution in [-0.2, 0) is 16.1 Å². The Balaban J connectivity index is 1.37. The first-order valence-electron chi connectivity index (χ1n) is 11.2. The van der Waals surface area contributed by atoms with Crippen molar-refractivity contribution in [3.8, 4) is 0 Å². The molecule has 5 rings (SSSR count). The van der Waals surface area contributed by atoms with E-state index in [0.29, 0.717) is 30.6 Å². The highest BCUT2D eigenvalue weighted by molar-refractivity contribution is 6.05. The van der Waals surface area contributed by atoms with Gasteiger partial charge >= 0.3 is 0 Å². The SMILES string of the molecule is O=C(NC(Cn1cncn1)c1ccccc1)c1cccc(N2NC(=O)C3CC=CCC3C2=O)c1. The predicted octanol–water partition coefficient (Wildman–Crippen LogP) is 2.41. The lowest BCUT2D eigenvalue weighted by Crippen LogP contribution is -2.59. The van der Waals surface area contributed by atoms with Gasteiger partial charge in [-0.3, -0.25) is 24.5 Å². The predicted molar refractivity (Wildman–Crippen MR) is 124 cm³/mol. The van der Waals surface area contributed by atoms with Crippen LogP contribution < -0.4 is 15.8 Å². The standard InChI is InChI=1S/C25H24N6O3/c32-23(28-22(14-30-16-26-15-27-30)17-7-2-1-3-8-17)18-9-6-10-19(13-18)31-25(34)21-12-5-4-11-20(21)24(33)29-31/h1-10,13,15-16,20-22H,11-12,14H2,(H,28,32)(H,29,33). The van der Waals surface area contributed by atoms with Gasteiger partial charge in [0.05, 0.1) is 30.1 Å². The van der Waals surface area contributed by atoms with Gasteiger partial charge in [-0.25, -0.2) is 9.99 Å². The van der Waals surface area contributed by atoms with Crippen molar-refractivity contribution in [2.45, 2.75) is 25.4 Å². The van der Waals surface area contributed by atoms with Crippen molar-refractivity contribution in [1.82, 2.24) is 25.5 Å². The van der Waals surface area contributed by atoms with Crippen LogP contribution in [-0.4, -0.2) is 32.5 Å². The maximum atomic E-state index is 13.2. The van der Waals surface area contributed by atoms with Gasteiger partial charge in [0, 0.05) is 5.56 Å². The number of carbonyl (C=O) groups is 3. The molecule has 9 heteroatoms. The van der Waals surface area contributed by atoms with Crippen molar-refractivity contribution < 1.29 is 14.4 Å². The van der Waals surface area contributed by atoms with E-state index in [4.69, 9.17) is 0 Å². The van der Waals surface area contributed by atoms with Crippen molar-refractivity contribution in [1.29, 1.82) is 0 Å². The molecule has 0 spiro atoms. The molecule has 0 radical (unpaired) electrons. The highest BCUT2D eigenvalue weighted by atomic mass is 16.2. The van der Waals surface area contributed by atoms with E-state index >= 15 is 0 Å². The maximum absolute atomic E-state index is 13.2. The fraction of sp³-hybridized carbons (Fsp3) is 0.240. The van der Waals surface area contributed by atoms with Gasteiger partial charge in [-0.05, 0) is 36.6 Å². The Kier molecular flexibility index (Phi) is 5.90. The summed E-state index contributed by atoms with van der Waals surface area (Å²) in [6.45, 7) is 0.409. The third kappa shape index (κ3) is 4.32. The molecule has 0 saturated carbocycles. The number of carbonyl (C=O) groups excluding carboxylic acids is 3. The largest absolute Gasteiger partial charge is 0.343 e. The number of nitrogens with one attached hydrogen (secondary N) is 2. The first-order chi connectivity index (χ1) is 16.6. The second-order valence-electron chi connectivity index (χ2n) is 8.41. The van der Waals surface area contributed by atoms with Gasteiger partial charge in [-0.15, -0.1) is 0 Å². The van der Waals surface area contributed by atoms with Crippen LogP contribution in [0.1, 0.15) is 34.8 Å². The topological polar surface area (TPSA) is 109 Å². The number of hydrogen-bond donors (Lipinski definition) is 2. The molecule has 1 saturated heterocycles. The molecule has 3 unspecified atom stereocenters. The molecule has 3 aromatic rings. The van der Waals surface area contributed by atoms with E-state index in [-0.39, 0.29) is 35.6 Å². The normalized spacial score (nSPS) is 20.4. The van der Waals surface area contributed by atoms with Crippen molar-refractivity contribution >= 4 is 23.4 Å². The monoisotopic (exact) mass is 456 g/mol. The Morgan fingerprint density at radius 2 is 1.85 bits per heavy atom. The number of aromatic nitrogens is 3. The quantitative estimate of drug-likeness (QED) is 0.554. The van der Waals surface area contributed by atoms with E-state index in [1.165, 1.54) is 11.3 Å². The van der Waals surface area contributed by atoms with Gasteiger partial charge in [0.25, 0.3) is 5.91 Å². The van der Waals surface area contributed by atoms with Crippen molar-refractivity contribution in [3.63, 3.8) is 0 Å². The number of hydrazine groups is 1. The minimum atomic E-state index is -0.388. The summed E-state index contributed by atoms with van der Waals surface area (Å²) in [6.07, 6.45) is 8.03. The zero-order chi connectivity index (χ0) is 23.5. The molecule has 0 bridgehead atoms. The molecule has 2 aliphatic rings. The van der Waals surface area contributed by atoms with Gasteiger partial charge in [-0.1, -0.05) is 48.6 Å². The highest BCUT2D eigenvalue weighted by Crippen LogP contribution is 2.32. The van der Waals surface area contributed by atoms with E-state index < -0.39 is 0 Å². The molecule has 172 valence electrons. The van der Waals surface area contributed by atoms with Crippen LogP contribution in [0.25, 0.3) is 0 Å². The van der Waals surface area contributed by atoms with Gasteiger partial charge in [0.2, 0.25) is 11.8 Å². The first-order valence-corrected chi connectivity index (χ1v) is 11.2. The number of amides is 3. The molecular formula is C25H24N6O3. The zero-order valence-corrected chi connectivity index (χ0v) is 18.4. The van der Waals surface area contributed by atoms with E-state index in [0.717, 1.165) is 5.56 Å². The van der Waals surface area contributed by atoms with Gasteiger partial charge in [-0.2, -0.15) is 5.10 Å². The molecular weight excluding hydrogens is 432 g/mol. The molecule has 3 amide bonds. The number of rotatable bonds is 6. The molecule has 3 atom stereocenters. The molecule has 2 N–H and O–H groups in total. The van der Waals surface area contributed by atoms with E-state index in [1.54, 1.807) is 35.3 Å². The Hall–Kier alpha value is -4.27. The molecule has 9 nitrogen and oxygen atoms in total. The summed E-state index contributed by atoms with van der Waals surface area (Å²) in [5.41, 5.74) is 4.46. The summed E-state index contributed by atoms with van der Waals surface area (Å²) in [4.78, 5) is 42.9. The van der Waals surface area contributed by atoms with Crippen LogP contribution in [0.2, 0.25) is 0 Å².